The molecule has 0 rings (SSSR count). The van der Waals surface area contributed by atoms with E-state index in [0.717, 1.165) is 19.3 Å². The Bertz CT molecular complexity index is 254. The molecular formula is C18H35O. The van der Waals surface area contributed by atoms with Crippen LogP contribution >= 0.6 is 0 Å². The van der Waals surface area contributed by atoms with Crippen molar-refractivity contribution in [2.45, 2.75) is 81.1 Å². The molecular weight excluding hydrogens is 232 g/mol. The molecule has 0 aromatic rings. The summed E-state index contributed by atoms with van der Waals surface area (Å²) >= 11 is 0. The molecule has 3 atom stereocenters. The lowest BCUT2D eigenvalue weighted by molar-refractivity contribution is 0.242. The average molecular weight is 267 g/mol. The minimum Gasteiger partial charge on any atom is -0.291 e. The van der Waals surface area contributed by atoms with E-state index in [9.17, 15) is 4.79 Å². The van der Waals surface area contributed by atoms with Gasteiger partial charge in [-0.3, -0.25) is 4.79 Å². The summed E-state index contributed by atoms with van der Waals surface area (Å²) < 4.78 is 0. The summed E-state index contributed by atoms with van der Waals surface area (Å²) in [6.07, 6.45) is 6.76. The number of hydrogen-bond acceptors (Lipinski definition) is 1. The topological polar surface area (TPSA) is 17.1 Å². The molecule has 0 saturated heterocycles. The number of rotatable bonds is 7. The van der Waals surface area contributed by atoms with E-state index in [4.69, 9.17) is 0 Å². The Labute approximate surface area is 121 Å². The van der Waals surface area contributed by atoms with E-state index in [-0.39, 0.29) is 5.92 Å². The van der Waals surface area contributed by atoms with E-state index in [0.29, 0.717) is 22.7 Å². The van der Waals surface area contributed by atoms with Crippen molar-refractivity contribution < 1.29 is 4.79 Å². The Morgan fingerprint density at radius 1 is 0.842 bits per heavy atom. The molecule has 0 amide bonds. The lowest BCUT2D eigenvalue weighted by atomic mass is 9.77. The molecule has 0 aliphatic heterocycles. The second kappa shape index (κ2) is 7.45. The van der Waals surface area contributed by atoms with Gasteiger partial charge < -0.3 is 0 Å². The first-order valence-electron chi connectivity index (χ1n) is 7.82. The fraction of sp³-hybridized carbons (Fsp3) is 0.944. The van der Waals surface area contributed by atoms with Crippen LogP contribution < -0.4 is 0 Å². The third-order valence-corrected chi connectivity index (χ3v) is 3.70. The minimum atomic E-state index is 0.113. The second-order valence-corrected chi connectivity index (χ2v) is 8.91. The standard InChI is InChI=1S/C18H35O/c1-14(11-17(3,4)5)9-10-16(13-19)15(2)12-18(6,7)8/h14-16H,9-12H2,1-8H3. The molecule has 1 radical (unpaired) electrons. The van der Waals surface area contributed by atoms with Gasteiger partial charge in [-0.2, -0.15) is 0 Å². The molecule has 0 N–H and O–H groups in total. The van der Waals surface area contributed by atoms with Crippen LogP contribution in [-0.2, 0) is 4.79 Å². The molecule has 0 aromatic carbocycles. The van der Waals surface area contributed by atoms with Gasteiger partial charge >= 0.3 is 0 Å². The molecule has 0 bridgehead atoms. The molecule has 0 saturated carbocycles. The fourth-order valence-corrected chi connectivity index (χ4v) is 3.18. The van der Waals surface area contributed by atoms with Crippen molar-refractivity contribution in [2.24, 2.45) is 28.6 Å². The predicted molar refractivity (Wildman–Crippen MR) is 84.9 cm³/mol. The van der Waals surface area contributed by atoms with Gasteiger partial charge in [-0.1, -0.05) is 55.4 Å². The van der Waals surface area contributed by atoms with Crippen LogP contribution in [0.2, 0.25) is 0 Å². The molecule has 0 spiro atoms. The van der Waals surface area contributed by atoms with Crippen LogP contribution in [0.3, 0.4) is 0 Å². The zero-order chi connectivity index (χ0) is 15.3. The molecule has 1 heteroatoms. The van der Waals surface area contributed by atoms with Gasteiger partial charge in [-0.15, -0.1) is 0 Å². The Kier molecular flexibility index (Phi) is 7.32. The lowest BCUT2D eigenvalue weighted by Crippen LogP contribution is -2.21. The largest absolute Gasteiger partial charge is 0.291 e. The van der Waals surface area contributed by atoms with Gasteiger partial charge in [0.2, 0.25) is 6.29 Å². The molecule has 0 fully saturated rings. The Morgan fingerprint density at radius 2 is 1.32 bits per heavy atom. The third kappa shape index (κ3) is 10.2. The highest BCUT2D eigenvalue weighted by Crippen LogP contribution is 2.32. The van der Waals surface area contributed by atoms with Crippen LogP contribution in [0.15, 0.2) is 0 Å². The first-order chi connectivity index (χ1) is 8.44. The number of hydrogen-bond donors (Lipinski definition) is 0. The summed E-state index contributed by atoms with van der Waals surface area (Å²) in [4.78, 5) is 11.2. The van der Waals surface area contributed by atoms with Crippen molar-refractivity contribution in [3.8, 4) is 0 Å². The van der Waals surface area contributed by atoms with Gasteiger partial charge in [-0.05, 0) is 48.3 Å². The van der Waals surface area contributed by atoms with Crippen LogP contribution in [0.4, 0.5) is 0 Å². The van der Waals surface area contributed by atoms with Crippen LogP contribution in [0.25, 0.3) is 0 Å². The van der Waals surface area contributed by atoms with E-state index in [2.05, 4.69) is 61.7 Å². The molecule has 113 valence electrons. The summed E-state index contributed by atoms with van der Waals surface area (Å²) in [5.41, 5.74) is 0.683. The van der Waals surface area contributed by atoms with Gasteiger partial charge in [0.15, 0.2) is 0 Å². The summed E-state index contributed by atoms with van der Waals surface area (Å²) in [5.74, 6) is 1.25. The van der Waals surface area contributed by atoms with E-state index in [1.54, 1.807) is 0 Å². The first-order valence-corrected chi connectivity index (χ1v) is 7.82. The van der Waals surface area contributed by atoms with Crippen LogP contribution in [0.1, 0.15) is 81.1 Å². The maximum Gasteiger partial charge on any atom is 0.202 e. The highest BCUT2D eigenvalue weighted by molar-refractivity contribution is 5.54. The Hall–Kier alpha value is -0.330. The van der Waals surface area contributed by atoms with Gasteiger partial charge in [0.1, 0.15) is 0 Å². The zero-order valence-electron chi connectivity index (χ0n) is 14.5. The van der Waals surface area contributed by atoms with Crippen LogP contribution in [0, 0.1) is 28.6 Å². The zero-order valence-corrected chi connectivity index (χ0v) is 14.5. The third-order valence-electron chi connectivity index (χ3n) is 3.70. The van der Waals surface area contributed by atoms with E-state index < -0.39 is 0 Å². The minimum absolute atomic E-state index is 0.113. The highest BCUT2D eigenvalue weighted by atomic mass is 16.1. The summed E-state index contributed by atoms with van der Waals surface area (Å²) in [6.45, 7) is 18.1. The van der Waals surface area contributed by atoms with Crippen LogP contribution in [0.5, 0.6) is 0 Å². The molecule has 3 unspecified atom stereocenters. The molecule has 0 heterocycles. The van der Waals surface area contributed by atoms with Crippen molar-refractivity contribution in [3.63, 3.8) is 0 Å². The molecule has 19 heavy (non-hydrogen) atoms. The van der Waals surface area contributed by atoms with Gasteiger partial charge in [0.05, 0.1) is 0 Å². The van der Waals surface area contributed by atoms with Gasteiger partial charge in [0, 0.05) is 5.92 Å². The smallest absolute Gasteiger partial charge is 0.202 e. The molecule has 0 aromatic heterocycles. The fourth-order valence-electron chi connectivity index (χ4n) is 3.18. The van der Waals surface area contributed by atoms with Crippen molar-refractivity contribution >= 4 is 6.29 Å². The van der Waals surface area contributed by atoms with Crippen molar-refractivity contribution in [1.29, 1.82) is 0 Å². The Morgan fingerprint density at radius 3 is 1.68 bits per heavy atom. The summed E-state index contributed by atoms with van der Waals surface area (Å²) in [6, 6.07) is 0. The van der Waals surface area contributed by atoms with E-state index >= 15 is 0 Å². The van der Waals surface area contributed by atoms with Crippen molar-refractivity contribution in [1.82, 2.24) is 0 Å². The molecule has 0 aliphatic carbocycles. The second-order valence-electron chi connectivity index (χ2n) is 8.91. The highest BCUT2D eigenvalue weighted by Gasteiger charge is 2.24. The Balaban J connectivity index is 4.23. The summed E-state index contributed by atoms with van der Waals surface area (Å²) in [5, 5.41) is 0. The summed E-state index contributed by atoms with van der Waals surface area (Å²) in [7, 11) is 0. The number of carbonyl (C=O) groups excluding carboxylic acids is 1. The lowest BCUT2D eigenvalue weighted by Gasteiger charge is -2.28. The normalized spacial score (nSPS) is 17.9. The van der Waals surface area contributed by atoms with E-state index in [1.807, 2.05) is 0 Å². The van der Waals surface area contributed by atoms with Crippen molar-refractivity contribution in [2.75, 3.05) is 0 Å². The molecule has 0 aliphatic rings. The van der Waals surface area contributed by atoms with E-state index in [1.165, 1.54) is 6.42 Å². The average Bonchev–Trinajstić information content (AvgIpc) is 2.12. The first kappa shape index (κ1) is 18.7. The van der Waals surface area contributed by atoms with Crippen molar-refractivity contribution in [3.05, 3.63) is 0 Å². The van der Waals surface area contributed by atoms with Gasteiger partial charge in [0.25, 0.3) is 0 Å². The predicted octanol–water partition coefficient (Wildman–Crippen LogP) is 5.64. The van der Waals surface area contributed by atoms with Gasteiger partial charge in [-0.25, -0.2) is 0 Å². The monoisotopic (exact) mass is 267 g/mol. The van der Waals surface area contributed by atoms with Crippen LogP contribution in [-0.4, -0.2) is 6.29 Å². The molecule has 1 nitrogen and oxygen atoms in total. The quantitative estimate of drug-likeness (QED) is 0.583. The maximum absolute atomic E-state index is 11.2. The maximum atomic E-state index is 11.2. The SMILES string of the molecule is CC(CCC([C]=O)C(C)CC(C)(C)C)CC(C)(C)C.